The molecule has 2 aromatic carbocycles. The summed E-state index contributed by atoms with van der Waals surface area (Å²) in [5, 5.41) is 9.30. The summed E-state index contributed by atoms with van der Waals surface area (Å²) in [6.45, 7) is 5.46. The van der Waals surface area contributed by atoms with Crippen molar-refractivity contribution < 1.29 is 9.53 Å². The van der Waals surface area contributed by atoms with E-state index in [1.165, 1.54) is 18.1 Å². The molecule has 0 fully saturated rings. The van der Waals surface area contributed by atoms with Gasteiger partial charge in [0.1, 0.15) is 12.4 Å². The summed E-state index contributed by atoms with van der Waals surface area (Å²) in [6, 6.07) is 15.7. The zero-order valence-electron chi connectivity index (χ0n) is 16.6. The third-order valence-corrected chi connectivity index (χ3v) is 3.99. The molecule has 6 nitrogen and oxygen atoms in total. The van der Waals surface area contributed by atoms with Gasteiger partial charge in [-0.1, -0.05) is 37.3 Å². The first-order valence-electron chi connectivity index (χ1n) is 9.14. The van der Waals surface area contributed by atoms with Gasteiger partial charge < -0.3 is 20.7 Å². The second-order valence-corrected chi connectivity index (χ2v) is 6.03. The van der Waals surface area contributed by atoms with Crippen molar-refractivity contribution in [2.75, 3.05) is 25.5 Å². The van der Waals surface area contributed by atoms with Crippen LogP contribution in [0.2, 0.25) is 0 Å². The number of halogens is 1. The quantitative estimate of drug-likeness (QED) is 0.226. The van der Waals surface area contributed by atoms with E-state index >= 15 is 0 Å². The number of amides is 1. The Bertz CT molecular complexity index is 781. The van der Waals surface area contributed by atoms with Crippen LogP contribution in [0, 0.1) is 0 Å². The topological polar surface area (TPSA) is 74.8 Å². The van der Waals surface area contributed by atoms with E-state index < -0.39 is 0 Å². The molecular weight excluding hydrogens is 467 g/mol. The number of carbonyl (C=O) groups excluding carboxylic acids is 1. The maximum Gasteiger partial charge on any atom is 0.221 e. The van der Waals surface area contributed by atoms with E-state index in [1.54, 1.807) is 13.1 Å². The van der Waals surface area contributed by atoms with Gasteiger partial charge in [0.05, 0.1) is 6.54 Å². The van der Waals surface area contributed by atoms with E-state index in [4.69, 9.17) is 4.74 Å². The molecule has 0 heterocycles. The molecule has 0 saturated carbocycles. The Morgan fingerprint density at radius 2 is 1.82 bits per heavy atom. The van der Waals surface area contributed by atoms with Crippen LogP contribution in [0.1, 0.15) is 25.0 Å². The minimum Gasteiger partial charge on any atom is -0.492 e. The molecule has 0 atom stereocenters. The third kappa shape index (κ3) is 8.16. The summed E-state index contributed by atoms with van der Waals surface area (Å²) in [6.07, 6.45) is 1.01. The Labute approximate surface area is 184 Å². The van der Waals surface area contributed by atoms with Gasteiger partial charge in [-0.25, -0.2) is 0 Å². The Morgan fingerprint density at radius 1 is 1.07 bits per heavy atom. The molecule has 2 rings (SSSR count). The zero-order chi connectivity index (χ0) is 19.5. The van der Waals surface area contributed by atoms with Gasteiger partial charge in [0.25, 0.3) is 0 Å². The van der Waals surface area contributed by atoms with E-state index in [2.05, 4.69) is 52.1 Å². The van der Waals surface area contributed by atoms with Gasteiger partial charge >= 0.3 is 0 Å². The van der Waals surface area contributed by atoms with Crippen LogP contribution in [-0.4, -0.2) is 32.1 Å². The molecule has 1 amide bonds. The van der Waals surface area contributed by atoms with Crippen molar-refractivity contribution in [3.63, 3.8) is 0 Å². The van der Waals surface area contributed by atoms with Crippen molar-refractivity contribution in [1.82, 2.24) is 10.6 Å². The zero-order valence-corrected chi connectivity index (χ0v) is 18.9. The Kier molecular flexibility index (Phi) is 11.0. The lowest BCUT2D eigenvalue weighted by atomic mass is 10.1. The summed E-state index contributed by atoms with van der Waals surface area (Å²) < 4.78 is 5.73. The highest BCUT2D eigenvalue weighted by Gasteiger charge is 2.03. The van der Waals surface area contributed by atoms with Gasteiger partial charge in [-0.2, -0.15) is 0 Å². The number of ether oxygens (including phenoxy) is 1. The molecule has 28 heavy (non-hydrogen) atoms. The molecule has 0 spiro atoms. The molecule has 2 aromatic rings. The molecule has 152 valence electrons. The fourth-order valence-electron chi connectivity index (χ4n) is 2.68. The molecule has 7 heteroatoms. The number of guanidine groups is 1. The first kappa shape index (κ1) is 23.7. The van der Waals surface area contributed by atoms with Crippen LogP contribution in [0.4, 0.5) is 5.69 Å². The van der Waals surface area contributed by atoms with E-state index in [1.807, 2.05) is 18.2 Å². The number of aliphatic imine (C=N–C) groups is 1. The van der Waals surface area contributed by atoms with Crippen molar-refractivity contribution in [3.05, 3.63) is 59.7 Å². The number of anilines is 1. The number of benzene rings is 2. The van der Waals surface area contributed by atoms with E-state index in [9.17, 15) is 4.79 Å². The molecule has 0 bridgehead atoms. The fraction of sp³-hybridized carbons (Fsp3) is 0.333. The van der Waals surface area contributed by atoms with Gasteiger partial charge in [-0.05, 0) is 29.7 Å². The summed E-state index contributed by atoms with van der Waals surface area (Å²) in [5.74, 6) is 1.34. The molecule has 0 radical (unpaired) electrons. The number of hydrogen-bond donors (Lipinski definition) is 3. The Balaban J connectivity index is 0.00000392. The number of carbonyl (C=O) groups is 1. The van der Waals surface area contributed by atoms with Crippen molar-refractivity contribution >= 4 is 41.5 Å². The van der Waals surface area contributed by atoms with Crippen LogP contribution >= 0.6 is 24.0 Å². The van der Waals surface area contributed by atoms with Crippen molar-refractivity contribution in [1.29, 1.82) is 0 Å². The lowest BCUT2D eigenvalue weighted by Crippen LogP contribution is -2.39. The van der Waals surface area contributed by atoms with E-state index in [0.29, 0.717) is 18.9 Å². The summed E-state index contributed by atoms with van der Waals surface area (Å²) >= 11 is 0. The largest absolute Gasteiger partial charge is 0.492 e. The molecular formula is C21H29IN4O2. The average molecular weight is 496 g/mol. The summed E-state index contributed by atoms with van der Waals surface area (Å²) in [5.41, 5.74) is 3.33. The van der Waals surface area contributed by atoms with Gasteiger partial charge in [-0.3, -0.25) is 9.79 Å². The smallest absolute Gasteiger partial charge is 0.221 e. The Morgan fingerprint density at radius 3 is 2.50 bits per heavy atom. The molecule has 0 saturated heterocycles. The summed E-state index contributed by atoms with van der Waals surface area (Å²) in [4.78, 5) is 15.4. The van der Waals surface area contributed by atoms with Crippen LogP contribution < -0.4 is 20.7 Å². The number of nitrogens with zero attached hydrogens (tertiary/aromatic N) is 1. The normalized spacial score (nSPS) is 10.6. The maximum absolute atomic E-state index is 11.1. The maximum atomic E-state index is 11.1. The van der Waals surface area contributed by atoms with E-state index in [-0.39, 0.29) is 29.9 Å². The number of nitrogens with one attached hydrogen (secondary N) is 3. The second-order valence-electron chi connectivity index (χ2n) is 6.03. The predicted octanol–water partition coefficient (Wildman–Crippen LogP) is 3.57. The van der Waals surface area contributed by atoms with Crippen molar-refractivity contribution in [2.24, 2.45) is 4.99 Å². The highest BCUT2D eigenvalue weighted by atomic mass is 127. The van der Waals surface area contributed by atoms with Gasteiger partial charge in [-0.15, -0.1) is 24.0 Å². The molecule has 0 unspecified atom stereocenters. The van der Waals surface area contributed by atoms with Gasteiger partial charge in [0.2, 0.25) is 5.91 Å². The van der Waals surface area contributed by atoms with Crippen LogP contribution in [0.3, 0.4) is 0 Å². The monoisotopic (exact) mass is 496 g/mol. The number of rotatable bonds is 8. The highest BCUT2D eigenvalue weighted by Crippen LogP contribution is 2.17. The van der Waals surface area contributed by atoms with Crippen molar-refractivity contribution in [2.45, 2.75) is 26.8 Å². The average Bonchev–Trinajstić information content (AvgIpc) is 2.67. The molecule has 0 aromatic heterocycles. The summed E-state index contributed by atoms with van der Waals surface area (Å²) in [7, 11) is 1.75. The third-order valence-electron chi connectivity index (χ3n) is 3.99. The number of aryl methyl sites for hydroxylation is 1. The minimum atomic E-state index is -0.103. The lowest BCUT2D eigenvalue weighted by Gasteiger charge is -2.14. The fourth-order valence-corrected chi connectivity index (χ4v) is 2.68. The highest BCUT2D eigenvalue weighted by molar-refractivity contribution is 14.0. The van der Waals surface area contributed by atoms with E-state index in [0.717, 1.165) is 24.6 Å². The number of hydrogen-bond acceptors (Lipinski definition) is 3. The van der Waals surface area contributed by atoms with Crippen LogP contribution in [-0.2, 0) is 17.8 Å². The van der Waals surface area contributed by atoms with Gasteiger partial charge in [0.15, 0.2) is 5.96 Å². The van der Waals surface area contributed by atoms with Gasteiger partial charge in [0, 0.05) is 32.3 Å². The van der Waals surface area contributed by atoms with Crippen LogP contribution in [0.5, 0.6) is 5.75 Å². The molecule has 0 aliphatic rings. The standard InChI is InChI=1S/C21H28N4O2.HI/c1-4-17-8-5-6-9-18(17)15-24-21(22-3)23-12-13-27-20-11-7-10-19(14-20)25-16(2)26;/h5-11,14H,4,12-13,15H2,1-3H3,(H,25,26)(H2,22,23,24);1H. The predicted molar refractivity (Wildman–Crippen MR) is 126 cm³/mol. The first-order valence-corrected chi connectivity index (χ1v) is 9.14. The molecule has 0 aliphatic carbocycles. The minimum absolute atomic E-state index is 0. The molecule has 3 N–H and O–H groups in total. The SMILES string of the molecule is CCc1ccccc1CNC(=NC)NCCOc1cccc(NC(C)=O)c1.I. The van der Waals surface area contributed by atoms with Crippen LogP contribution in [0.25, 0.3) is 0 Å². The first-order chi connectivity index (χ1) is 13.1. The second kappa shape index (κ2) is 13.0. The van der Waals surface area contributed by atoms with Crippen LogP contribution in [0.15, 0.2) is 53.5 Å². The van der Waals surface area contributed by atoms with Crippen molar-refractivity contribution in [3.8, 4) is 5.75 Å². The Hall–Kier alpha value is -2.29. The lowest BCUT2D eigenvalue weighted by molar-refractivity contribution is -0.114. The molecule has 0 aliphatic heterocycles.